The average Bonchev–Trinajstić information content (AvgIpc) is 2.80. The minimum Gasteiger partial charge on any atom is -0.498 e. The molecule has 1 heterocycles. The van der Waals surface area contributed by atoms with Gasteiger partial charge >= 0.3 is 0 Å². The zero-order valence-corrected chi connectivity index (χ0v) is 8.14. The van der Waals surface area contributed by atoms with E-state index in [1.54, 1.807) is 0 Å². The van der Waals surface area contributed by atoms with Crippen molar-refractivity contribution in [1.29, 1.82) is 0 Å². The Kier molecular flexibility index (Phi) is 2.04. The number of quaternary nitrogens is 1. The van der Waals surface area contributed by atoms with Gasteiger partial charge in [0.05, 0.1) is 0 Å². The molecule has 1 amide bonds. The number of hydrogen-bond donors (Lipinski definition) is 0. The SMILES string of the molecule is C[C@@H]1C[N+]1(Cc1ccccc1)C(=O)[O-]. The van der Waals surface area contributed by atoms with E-state index >= 15 is 0 Å². The van der Waals surface area contributed by atoms with Crippen molar-refractivity contribution in [3.63, 3.8) is 0 Å². The Hall–Kier alpha value is -1.35. The molecule has 0 spiro atoms. The standard InChI is InChI=1S/C11H13NO2/c1-9-7-12(9,11(13)14)8-10-5-3-2-4-6-10/h2-6,9H,7-8H2,1H3/t9-,12?/m1/s1. The molecule has 0 aliphatic carbocycles. The molecule has 1 fully saturated rings. The molecule has 3 heteroatoms. The number of benzene rings is 1. The van der Waals surface area contributed by atoms with Gasteiger partial charge in [0.1, 0.15) is 19.1 Å². The van der Waals surface area contributed by atoms with E-state index in [9.17, 15) is 9.90 Å². The van der Waals surface area contributed by atoms with Gasteiger partial charge in [-0.15, -0.1) is 0 Å². The molecule has 0 N–H and O–H groups in total. The molecule has 0 bridgehead atoms. The second kappa shape index (κ2) is 3.10. The lowest BCUT2D eigenvalue weighted by atomic mass is 10.2. The van der Waals surface area contributed by atoms with Crippen LogP contribution in [0.1, 0.15) is 12.5 Å². The van der Waals surface area contributed by atoms with Gasteiger partial charge in [-0.1, -0.05) is 30.3 Å². The molecule has 1 aromatic carbocycles. The first-order chi connectivity index (χ1) is 6.65. The summed E-state index contributed by atoms with van der Waals surface area (Å²) in [7, 11) is 0. The number of amides is 1. The molecule has 0 radical (unpaired) electrons. The van der Waals surface area contributed by atoms with Crippen LogP contribution >= 0.6 is 0 Å². The topological polar surface area (TPSA) is 40.1 Å². The van der Waals surface area contributed by atoms with Crippen LogP contribution in [-0.4, -0.2) is 23.2 Å². The van der Waals surface area contributed by atoms with Gasteiger partial charge in [-0.05, 0) is 6.92 Å². The van der Waals surface area contributed by atoms with Crippen molar-refractivity contribution in [2.45, 2.75) is 19.5 Å². The molecule has 0 aromatic heterocycles. The van der Waals surface area contributed by atoms with Crippen LogP contribution in [0.2, 0.25) is 0 Å². The fourth-order valence-corrected chi connectivity index (χ4v) is 1.87. The molecule has 2 rings (SSSR count). The fourth-order valence-electron chi connectivity index (χ4n) is 1.87. The number of carbonyl (C=O) groups excluding carboxylic acids is 1. The van der Waals surface area contributed by atoms with E-state index in [-0.39, 0.29) is 10.5 Å². The summed E-state index contributed by atoms with van der Waals surface area (Å²) in [6.07, 6.45) is -0.957. The van der Waals surface area contributed by atoms with Crippen molar-refractivity contribution >= 4 is 6.09 Å². The molecule has 1 saturated heterocycles. The summed E-state index contributed by atoms with van der Waals surface area (Å²) in [5.41, 5.74) is 1.06. The molecule has 1 unspecified atom stereocenters. The highest BCUT2D eigenvalue weighted by Crippen LogP contribution is 2.32. The van der Waals surface area contributed by atoms with Crippen LogP contribution in [0, 0.1) is 0 Å². The maximum atomic E-state index is 11.0. The van der Waals surface area contributed by atoms with E-state index < -0.39 is 6.09 Å². The third-order valence-electron chi connectivity index (χ3n) is 2.97. The molecule has 1 aliphatic heterocycles. The maximum absolute atomic E-state index is 11.0. The monoisotopic (exact) mass is 191 g/mol. The van der Waals surface area contributed by atoms with Crippen LogP contribution < -0.4 is 5.11 Å². The summed E-state index contributed by atoms with van der Waals surface area (Å²) in [5.74, 6) is 0. The predicted molar refractivity (Wildman–Crippen MR) is 50.1 cm³/mol. The summed E-state index contributed by atoms with van der Waals surface area (Å²) >= 11 is 0. The zero-order chi connectivity index (χ0) is 10.2. The number of carboxylic acid groups (broad SMARTS) is 1. The summed E-state index contributed by atoms with van der Waals surface area (Å²) in [4.78, 5) is 11.0. The molecule has 1 aliphatic rings. The number of carbonyl (C=O) groups is 1. The highest BCUT2D eigenvalue weighted by atomic mass is 16.4. The molecule has 3 nitrogen and oxygen atoms in total. The van der Waals surface area contributed by atoms with Gasteiger partial charge < -0.3 is 9.90 Å². The van der Waals surface area contributed by atoms with Crippen LogP contribution in [0.15, 0.2) is 30.3 Å². The largest absolute Gasteiger partial charge is 0.498 e. The van der Waals surface area contributed by atoms with Gasteiger partial charge in [0.15, 0.2) is 0 Å². The van der Waals surface area contributed by atoms with Crippen LogP contribution in [0.4, 0.5) is 4.79 Å². The Labute approximate surface area is 83.2 Å². The molecule has 74 valence electrons. The number of hydrogen-bond acceptors (Lipinski definition) is 2. The lowest BCUT2D eigenvalue weighted by Crippen LogP contribution is -2.44. The summed E-state index contributed by atoms with van der Waals surface area (Å²) in [5, 5.41) is 11.0. The van der Waals surface area contributed by atoms with E-state index in [2.05, 4.69) is 0 Å². The highest BCUT2D eigenvalue weighted by Gasteiger charge is 2.53. The van der Waals surface area contributed by atoms with Gasteiger partial charge in [-0.3, -0.25) is 4.48 Å². The lowest BCUT2D eigenvalue weighted by Gasteiger charge is -2.19. The molecular formula is C11H13NO2. The smallest absolute Gasteiger partial charge is 0.258 e. The minimum atomic E-state index is -0.957. The van der Waals surface area contributed by atoms with Crippen molar-refractivity contribution in [3.8, 4) is 0 Å². The van der Waals surface area contributed by atoms with Crippen molar-refractivity contribution < 1.29 is 14.4 Å². The molecule has 2 atom stereocenters. The van der Waals surface area contributed by atoms with E-state index in [0.717, 1.165) is 5.56 Å². The van der Waals surface area contributed by atoms with Crippen molar-refractivity contribution in [1.82, 2.24) is 0 Å². The normalized spacial score (nSPS) is 29.9. The van der Waals surface area contributed by atoms with E-state index in [1.165, 1.54) is 0 Å². The minimum absolute atomic E-state index is 0.0873. The Morgan fingerprint density at radius 2 is 2.07 bits per heavy atom. The van der Waals surface area contributed by atoms with Crippen LogP contribution in [0.3, 0.4) is 0 Å². The van der Waals surface area contributed by atoms with E-state index in [0.29, 0.717) is 13.1 Å². The molecule has 1 aromatic rings. The number of nitrogens with zero attached hydrogens (tertiary/aromatic N) is 1. The third-order valence-corrected chi connectivity index (χ3v) is 2.97. The Balaban J connectivity index is 2.15. The van der Waals surface area contributed by atoms with Gasteiger partial charge in [-0.25, -0.2) is 0 Å². The second-order valence-corrected chi connectivity index (χ2v) is 3.98. The average molecular weight is 191 g/mol. The fraction of sp³-hybridized carbons (Fsp3) is 0.364. The summed E-state index contributed by atoms with van der Waals surface area (Å²) in [6.45, 7) is 3.18. The highest BCUT2D eigenvalue weighted by molar-refractivity contribution is 5.56. The van der Waals surface area contributed by atoms with Crippen molar-refractivity contribution in [3.05, 3.63) is 35.9 Å². The summed E-state index contributed by atoms with van der Waals surface area (Å²) < 4.78 is 0.0873. The van der Waals surface area contributed by atoms with Crippen LogP contribution in [0.5, 0.6) is 0 Å². The first-order valence-electron chi connectivity index (χ1n) is 4.77. The van der Waals surface area contributed by atoms with Crippen LogP contribution in [-0.2, 0) is 6.54 Å². The number of rotatable bonds is 2. The molecule has 14 heavy (non-hydrogen) atoms. The van der Waals surface area contributed by atoms with Gasteiger partial charge in [0.2, 0.25) is 0 Å². The van der Waals surface area contributed by atoms with Gasteiger partial charge in [-0.2, -0.15) is 0 Å². The zero-order valence-electron chi connectivity index (χ0n) is 8.14. The first-order valence-corrected chi connectivity index (χ1v) is 4.77. The third kappa shape index (κ3) is 1.40. The van der Waals surface area contributed by atoms with Crippen molar-refractivity contribution in [2.24, 2.45) is 0 Å². The Bertz CT molecular complexity index is 350. The van der Waals surface area contributed by atoms with E-state index in [1.807, 2.05) is 37.3 Å². The maximum Gasteiger partial charge on any atom is 0.258 e. The molecular weight excluding hydrogens is 178 g/mol. The Morgan fingerprint density at radius 3 is 2.50 bits per heavy atom. The predicted octanol–water partition coefficient (Wildman–Crippen LogP) is 0.749. The van der Waals surface area contributed by atoms with Crippen molar-refractivity contribution in [2.75, 3.05) is 6.54 Å². The van der Waals surface area contributed by atoms with Crippen LogP contribution in [0.25, 0.3) is 0 Å². The van der Waals surface area contributed by atoms with E-state index in [4.69, 9.17) is 0 Å². The Morgan fingerprint density at radius 1 is 1.50 bits per heavy atom. The summed E-state index contributed by atoms with van der Waals surface area (Å²) in [6, 6.07) is 9.88. The lowest BCUT2D eigenvalue weighted by molar-refractivity contribution is -0.776. The second-order valence-electron chi connectivity index (χ2n) is 3.98. The van der Waals surface area contributed by atoms with Gasteiger partial charge in [0, 0.05) is 5.56 Å². The first kappa shape index (κ1) is 9.21. The molecule has 0 saturated carbocycles. The quantitative estimate of drug-likeness (QED) is 0.511. The van der Waals surface area contributed by atoms with Gasteiger partial charge in [0.25, 0.3) is 6.09 Å².